The van der Waals surface area contributed by atoms with Gasteiger partial charge >= 0.3 is 6.09 Å². The standard InChI is InChI=1S/C13H16ClNO2.C8H8ClN.ClH/c1-13(2,3)17-12(16)15-11-7-9-8(11)5-4-6-10(9)14;9-7-3-1-2-5-6(7)4-8(5)10;/h4-6,11H,7H2,1-3H3,(H,15,16);1-3,8H,4,10H2;1H. The monoisotopic (exact) mass is 442 g/mol. The number of carbonyl (C=O) groups is 1. The van der Waals surface area contributed by atoms with Gasteiger partial charge in [-0.3, -0.25) is 0 Å². The average molecular weight is 444 g/mol. The molecule has 0 aliphatic heterocycles. The molecule has 0 spiro atoms. The van der Waals surface area contributed by atoms with Gasteiger partial charge < -0.3 is 15.8 Å². The lowest BCUT2D eigenvalue weighted by Gasteiger charge is -2.32. The van der Waals surface area contributed by atoms with Crippen molar-refractivity contribution in [3.8, 4) is 0 Å². The van der Waals surface area contributed by atoms with Crippen molar-refractivity contribution in [2.24, 2.45) is 5.73 Å². The minimum absolute atomic E-state index is 0. The number of alkyl carbamates (subject to hydrolysis) is 1. The fourth-order valence-electron chi connectivity index (χ4n) is 3.22. The quantitative estimate of drug-likeness (QED) is 0.587. The Kier molecular flexibility index (Phi) is 7.27. The molecule has 28 heavy (non-hydrogen) atoms. The molecule has 0 heterocycles. The maximum absolute atomic E-state index is 11.6. The summed E-state index contributed by atoms with van der Waals surface area (Å²) in [5.74, 6) is 0. The van der Waals surface area contributed by atoms with Crippen molar-refractivity contribution in [2.45, 2.75) is 51.3 Å². The smallest absolute Gasteiger partial charge is 0.408 e. The van der Waals surface area contributed by atoms with E-state index < -0.39 is 5.60 Å². The molecule has 0 saturated heterocycles. The van der Waals surface area contributed by atoms with Gasteiger partial charge in [0.2, 0.25) is 0 Å². The highest BCUT2D eigenvalue weighted by Gasteiger charge is 2.30. The van der Waals surface area contributed by atoms with E-state index >= 15 is 0 Å². The van der Waals surface area contributed by atoms with Crippen LogP contribution in [0.5, 0.6) is 0 Å². The average Bonchev–Trinajstić information content (AvgIpc) is 2.54. The minimum atomic E-state index is -0.467. The molecular weight excluding hydrogens is 419 g/mol. The third-order valence-corrected chi connectivity index (χ3v) is 5.32. The number of nitrogens with one attached hydrogen (secondary N) is 1. The Balaban J connectivity index is 0.000000217. The largest absolute Gasteiger partial charge is 0.444 e. The van der Waals surface area contributed by atoms with E-state index in [0.29, 0.717) is 0 Å². The van der Waals surface area contributed by atoms with Crippen LogP contribution in [0.2, 0.25) is 10.0 Å². The molecule has 7 heteroatoms. The summed E-state index contributed by atoms with van der Waals surface area (Å²) in [7, 11) is 0. The lowest BCUT2D eigenvalue weighted by atomic mass is 9.83. The predicted molar refractivity (Wildman–Crippen MR) is 117 cm³/mol. The van der Waals surface area contributed by atoms with Crippen molar-refractivity contribution in [1.82, 2.24) is 5.32 Å². The van der Waals surface area contributed by atoms with Crippen molar-refractivity contribution < 1.29 is 9.53 Å². The molecule has 0 saturated carbocycles. The Morgan fingerprint density at radius 3 is 2.07 bits per heavy atom. The molecule has 4 rings (SSSR count). The molecule has 2 unspecified atom stereocenters. The van der Waals surface area contributed by atoms with Gasteiger partial charge in [0.05, 0.1) is 6.04 Å². The molecule has 3 N–H and O–H groups in total. The van der Waals surface area contributed by atoms with E-state index in [2.05, 4.69) is 5.32 Å². The number of halogens is 3. The number of carbonyl (C=O) groups excluding carboxylic acids is 1. The minimum Gasteiger partial charge on any atom is -0.444 e. The molecule has 1 amide bonds. The van der Waals surface area contributed by atoms with Gasteiger partial charge in [0.1, 0.15) is 5.60 Å². The van der Waals surface area contributed by atoms with E-state index in [1.807, 2.05) is 57.2 Å². The lowest BCUT2D eigenvalue weighted by Crippen LogP contribution is -2.39. The number of benzene rings is 2. The van der Waals surface area contributed by atoms with Gasteiger partial charge in [-0.05, 0) is 68.0 Å². The van der Waals surface area contributed by atoms with Crippen molar-refractivity contribution in [2.75, 3.05) is 0 Å². The number of rotatable bonds is 1. The number of amides is 1. The van der Waals surface area contributed by atoms with Crippen LogP contribution in [0.4, 0.5) is 4.79 Å². The number of fused-ring (bicyclic) bond motifs is 2. The number of hydrogen-bond acceptors (Lipinski definition) is 3. The first-order valence-electron chi connectivity index (χ1n) is 8.95. The summed E-state index contributed by atoms with van der Waals surface area (Å²) in [6.07, 6.45) is 1.33. The maximum atomic E-state index is 11.6. The summed E-state index contributed by atoms with van der Waals surface area (Å²) >= 11 is 11.9. The van der Waals surface area contributed by atoms with Gasteiger partial charge in [-0.2, -0.15) is 0 Å². The highest BCUT2D eigenvalue weighted by atomic mass is 35.5. The molecule has 0 aromatic heterocycles. The highest BCUT2D eigenvalue weighted by molar-refractivity contribution is 6.32. The topological polar surface area (TPSA) is 64.3 Å². The zero-order chi connectivity index (χ0) is 19.8. The fourth-order valence-corrected chi connectivity index (χ4v) is 3.73. The van der Waals surface area contributed by atoms with E-state index in [9.17, 15) is 4.79 Å². The molecule has 2 aliphatic rings. The van der Waals surface area contributed by atoms with Crippen LogP contribution in [0.25, 0.3) is 0 Å². The number of ether oxygens (including phenoxy) is 1. The Morgan fingerprint density at radius 1 is 1.04 bits per heavy atom. The summed E-state index contributed by atoms with van der Waals surface area (Å²) in [5.41, 5.74) is 9.89. The fraction of sp³-hybridized carbons (Fsp3) is 0.381. The molecule has 152 valence electrons. The van der Waals surface area contributed by atoms with Crippen LogP contribution in [0.3, 0.4) is 0 Å². The Bertz CT molecular complexity index is 865. The van der Waals surface area contributed by atoms with E-state index in [1.165, 1.54) is 11.1 Å². The molecule has 0 bridgehead atoms. The number of hydrogen-bond donors (Lipinski definition) is 2. The van der Waals surface area contributed by atoms with E-state index in [4.69, 9.17) is 33.7 Å². The summed E-state index contributed by atoms with van der Waals surface area (Å²) in [6.45, 7) is 5.54. The Labute approximate surface area is 182 Å². The Hall–Kier alpha value is -1.46. The number of nitrogens with two attached hydrogens (primary N) is 1. The first-order chi connectivity index (χ1) is 12.7. The summed E-state index contributed by atoms with van der Waals surface area (Å²) < 4.78 is 5.21. The van der Waals surface area contributed by atoms with Crippen molar-refractivity contribution >= 4 is 41.7 Å². The van der Waals surface area contributed by atoms with Gasteiger partial charge in [-0.15, -0.1) is 12.4 Å². The van der Waals surface area contributed by atoms with Crippen molar-refractivity contribution in [3.63, 3.8) is 0 Å². The first-order valence-corrected chi connectivity index (χ1v) is 9.71. The second kappa shape index (κ2) is 8.91. The third-order valence-electron chi connectivity index (χ3n) is 4.61. The van der Waals surface area contributed by atoms with Crippen LogP contribution in [0.1, 0.15) is 55.1 Å². The third kappa shape index (κ3) is 5.12. The Morgan fingerprint density at radius 2 is 1.57 bits per heavy atom. The normalized spacial score (nSPS) is 18.6. The van der Waals surface area contributed by atoms with Gasteiger partial charge in [0.25, 0.3) is 0 Å². The van der Waals surface area contributed by atoms with Crippen LogP contribution in [-0.4, -0.2) is 11.7 Å². The highest BCUT2D eigenvalue weighted by Crippen LogP contribution is 2.38. The molecule has 2 aromatic carbocycles. The zero-order valence-corrected chi connectivity index (χ0v) is 18.4. The maximum Gasteiger partial charge on any atom is 0.408 e. The molecule has 2 aromatic rings. The molecule has 2 aliphatic carbocycles. The van der Waals surface area contributed by atoms with E-state index in [1.54, 1.807) is 0 Å². The van der Waals surface area contributed by atoms with Crippen LogP contribution in [0, 0.1) is 0 Å². The summed E-state index contributed by atoms with van der Waals surface area (Å²) in [6, 6.07) is 11.9. The van der Waals surface area contributed by atoms with Crippen LogP contribution < -0.4 is 11.1 Å². The van der Waals surface area contributed by atoms with Gasteiger partial charge in [-0.1, -0.05) is 47.5 Å². The second-order valence-corrected chi connectivity index (χ2v) is 8.64. The van der Waals surface area contributed by atoms with Gasteiger partial charge in [-0.25, -0.2) is 4.79 Å². The molecule has 0 radical (unpaired) electrons. The van der Waals surface area contributed by atoms with Crippen LogP contribution in [-0.2, 0) is 17.6 Å². The van der Waals surface area contributed by atoms with E-state index in [0.717, 1.165) is 34.0 Å². The zero-order valence-electron chi connectivity index (χ0n) is 16.1. The van der Waals surface area contributed by atoms with Gasteiger partial charge in [0.15, 0.2) is 0 Å². The van der Waals surface area contributed by atoms with Crippen LogP contribution in [0.15, 0.2) is 36.4 Å². The van der Waals surface area contributed by atoms with Crippen molar-refractivity contribution in [3.05, 3.63) is 68.7 Å². The summed E-state index contributed by atoms with van der Waals surface area (Å²) in [5, 5.41) is 4.47. The van der Waals surface area contributed by atoms with E-state index in [-0.39, 0.29) is 30.6 Å². The SMILES string of the molecule is CC(C)(C)OC(=O)NC1Cc2c(Cl)cccc21.Cl.NC1Cc2c(Cl)cccc21. The van der Waals surface area contributed by atoms with Crippen LogP contribution >= 0.6 is 35.6 Å². The first kappa shape index (κ1) is 22.8. The molecule has 2 atom stereocenters. The summed E-state index contributed by atoms with van der Waals surface area (Å²) in [4.78, 5) is 11.6. The molecule has 0 fully saturated rings. The lowest BCUT2D eigenvalue weighted by molar-refractivity contribution is 0.0497. The molecule has 4 nitrogen and oxygen atoms in total. The second-order valence-electron chi connectivity index (χ2n) is 7.83. The van der Waals surface area contributed by atoms with Crippen molar-refractivity contribution in [1.29, 1.82) is 0 Å². The van der Waals surface area contributed by atoms with Gasteiger partial charge in [0, 0.05) is 16.1 Å². The predicted octanol–water partition coefficient (Wildman–Crippen LogP) is 5.78. The molecular formula is C21H25Cl3N2O2.